The van der Waals surface area contributed by atoms with Gasteiger partial charge in [0.1, 0.15) is 5.82 Å². The largest absolute Gasteiger partial charge is 0.367 e. The predicted molar refractivity (Wildman–Crippen MR) is 124 cm³/mol. The second-order valence-corrected chi connectivity index (χ2v) is 9.70. The molecular formula is C27H36FNO2. The van der Waals surface area contributed by atoms with Gasteiger partial charge >= 0.3 is 0 Å². The van der Waals surface area contributed by atoms with E-state index in [9.17, 15) is 9.18 Å². The highest BCUT2D eigenvalue weighted by atomic mass is 19.1. The number of ether oxygens (including phenoxy) is 1. The van der Waals surface area contributed by atoms with E-state index in [-0.39, 0.29) is 28.8 Å². The molecule has 1 amide bonds. The standard InChI is InChI=1S/C27H36FNO2/c1-6-24(20-11-9-8-10-12-20)31-27(7-2)15-17-29(18-16-27)25(30)21-13-14-22(23(28)19-21)26(3,4)5/h8-14,19,24H,6-7,15-18H2,1-5H3. The topological polar surface area (TPSA) is 29.5 Å². The molecule has 1 saturated heterocycles. The highest BCUT2D eigenvalue weighted by molar-refractivity contribution is 5.94. The van der Waals surface area contributed by atoms with Crippen LogP contribution in [-0.4, -0.2) is 29.5 Å². The first-order chi connectivity index (χ1) is 14.7. The van der Waals surface area contributed by atoms with E-state index < -0.39 is 0 Å². The molecule has 1 unspecified atom stereocenters. The van der Waals surface area contributed by atoms with Crippen LogP contribution in [0.2, 0.25) is 0 Å². The average molecular weight is 426 g/mol. The Labute approximate surface area is 186 Å². The van der Waals surface area contributed by atoms with Crippen molar-refractivity contribution in [3.05, 3.63) is 71.0 Å². The van der Waals surface area contributed by atoms with Gasteiger partial charge in [-0.25, -0.2) is 4.39 Å². The number of hydrogen-bond acceptors (Lipinski definition) is 2. The fraction of sp³-hybridized carbons (Fsp3) is 0.519. The summed E-state index contributed by atoms with van der Waals surface area (Å²) in [4.78, 5) is 14.9. The van der Waals surface area contributed by atoms with Crippen LogP contribution in [-0.2, 0) is 10.2 Å². The van der Waals surface area contributed by atoms with Gasteiger partial charge in [0.2, 0.25) is 0 Å². The van der Waals surface area contributed by atoms with Crippen LogP contribution < -0.4 is 0 Å². The molecule has 3 nitrogen and oxygen atoms in total. The zero-order chi connectivity index (χ0) is 22.6. The van der Waals surface area contributed by atoms with Crippen LogP contribution in [0.25, 0.3) is 0 Å². The molecule has 0 bridgehead atoms. The quantitative estimate of drug-likeness (QED) is 0.517. The second-order valence-electron chi connectivity index (χ2n) is 9.70. The molecule has 1 fully saturated rings. The summed E-state index contributed by atoms with van der Waals surface area (Å²) in [7, 11) is 0. The van der Waals surface area contributed by atoms with Crippen LogP contribution in [0.5, 0.6) is 0 Å². The number of carbonyl (C=O) groups excluding carboxylic acids is 1. The maximum Gasteiger partial charge on any atom is 0.253 e. The predicted octanol–water partition coefficient (Wildman–Crippen LogP) is 6.68. The molecule has 1 aliphatic rings. The number of halogens is 1. The van der Waals surface area contributed by atoms with Crippen LogP contribution in [0, 0.1) is 5.82 Å². The summed E-state index contributed by atoms with van der Waals surface area (Å²) in [6.45, 7) is 11.5. The third-order valence-electron chi connectivity index (χ3n) is 6.56. The highest BCUT2D eigenvalue weighted by Gasteiger charge is 2.37. The Kier molecular flexibility index (Phi) is 7.20. The Morgan fingerprint density at radius 3 is 2.26 bits per heavy atom. The van der Waals surface area contributed by atoms with Crippen LogP contribution >= 0.6 is 0 Å². The van der Waals surface area contributed by atoms with Gasteiger partial charge in [0.25, 0.3) is 5.91 Å². The fourth-order valence-electron chi connectivity index (χ4n) is 4.47. The van der Waals surface area contributed by atoms with Crippen molar-refractivity contribution in [1.82, 2.24) is 4.90 Å². The molecule has 0 saturated carbocycles. The molecule has 1 heterocycles. The molecular weight excluding hydrogens is 389 g/mol. The number of carbonyl (C=O) groups is 1. The number of piperidine rings is 1. The summed E-state index contributed by atoms with van der Waals surface area (Å²) < 4.78 is 21.3. The highest BCUT2D eigenvalue weighted by Crippen LogP contribution is 2.37. The summed E-state index contributed by atoms with van der Waals surface area (Å²) in [5, 5.41) is 0. The van der Waals surface area contributed by atoms with Crippen molar-refractivity contribution in [1.29, 1.82) is 0 Å². The monoisotopic (exact) mass is 425 g/mol. The van der Waals surface area contributed by atoms with Gasteiger partial charge in [-0.05, 0) is 54.4 Å². The minimum absolute atomic E-state index is 0.0578. The van der Waals surface area contributed by atoms with Crippen molar-refractivity contribution in [2.75, 3.05) is 13.1 Å². The molecule has 2 aromatic rings. The summed E-state index contributed by atoms with van der Waals surface area (Å²) in [5.41, 5.74) is 1.74. The van der Waals surface area contributed by atoms with Crippen molar-refractivity contribution in [2.24, 2.45) is 0 Å². The Bertz CT molecular complexity index is 880. The third kappa shape index (κ3) is 5.35. The molecule has 1 aliphatic heterocycles. The number of likely N-dealkylation sites (tertiary alicyclic amines) is 1. The van der Waals surface area contributed by atoms with E-state index in [4.69, 9.17) is 4.74 Å². The lowest BCUT2D eigenvalue weighted by Gasteiger charge is -2.43. The van der Waals surface area contributed by atoms with E-state index in [1.54, 1.807) is 12.1 Å². The maximum atomic E-state index is 14.6. The van der Waals surface area contributed by atoms with E-state index in [1.807, 2.05) is 43.9 Å². The smallest absolute Gasteiger partial charge is 0.253 e. The van der Waals surface area contributed by atoms with Crippen molar-refractivity contribution >= 4 is 5.91 Å². The number of amides is 1. The van der Waals surface area contributed by atoms with Crippen molar-refractivity contribution in [3.63, 3.8) is 0 Å². The van der Waals surface area contributed by atoms with E-state index in [2.05, 4.69) is 26.0 Å². The number of hydrogen-bond donors (Lipinski definition) is 0. The first-order valence-electron chi connectivity index (χ1n) is 11.5. The summed E-state index contributed by atoms with van der Waals surface area (Å²) >= 11 is 0. The lowest BCUT2D eigenvalue weighted by molar-refractivity contribution is -0.125. The van der Waals surface area contributed by atoms with Crippen LogP contribution in [0.15, 0.2) is 48.5 Å². The molecule has 31 heavy (non-hydrogen) atoms. The van der Waals surface area contributed by atoms with Gasteiger partial charge in [0.15, 0.2) is 0 Å². The van der Waals surface area contributed by atoms with Gasteiger partial charge in [0.05, 0.1) is 11.7 Å². The lowest BCUT2D eigenvalue weighted by atomic mass is 9.85. The zero-order valence-corrected chi connectivity index (χ0v) is 19.6. The van der Waals surface area contributed by atoms with E-state index >= 15 is 0 Å². The molecule has 3 rings (SSSR count). The minimum Gasteiger partial charge on any atom is -0.367 e. The number of nitrogens with zero attached hydrogens (tertiary/aromatic N) is 1. The van der Waals surface area contributed by atoms with Crippen LogP contribution in [0.4, 0.5) is 4.39 Å². The van der Waals surface area contributed by atoms with Crippen molar-refractivity contribution < 1.29 is 13.9 Å². The van der Waals surface area contributed by atoms with E-state index in [0.717, 1.165) is 25.7 Å². The Hall–Kier alpha value is -2.20. The molecule has 2 aromatic carbocycles. The molecule has 4 heteroatoms. The molecule has 0 radical (unpaired) electrons. The van der Waals surface area contributed by atoms with Gasteiger partial charge in [-0.3, -0.25) is 4.79 Å². The van der Waals surface area contributed by atoms with E-state index in [0.29, 0.717) is 24.2 Å². The zero-order valence-electron chi connectivity index (χ0n) is 19.6. The Balaban J connectivity index is 1.68. The molecule has 1 atom stereocenters. The normalized spacial score (nSPS) is 17.4. The molecule has 168 valence electrons. The Morgan fingerprint density at radius 1 is 1.10 bits per heavy atom. The first-order valence-corrected chi connectivity index (χ1v) is 11.5. The third-order valence-corrected chi connectivity index (χ3v) is 6.56. The summed E-state index contributed by atoms with van der Waals surface area (Å²) in [6.07, 6.45) is 3.46. The maximum absolute atomic E-state index is 14.6. The number of rotatable bonds is 6. The molecule has 0 spiro atoms. The minimum atomic E-state index is -0.310. The Morgan fingerprint density at radius 2 is 1.74 bits per heavy atom. The van der Waals surface area contributed by atoms with Crippen molar-refractivity contribution in [3.8, 4) is 0 Å². The van der Waals surface area contributed by atoms with Crippen LogP contribution in [0.1, 0.15) is 87.9 Å². The second kappa shape index (κ2) is 9.52. The fourth-order valence-corrected chi connectivity index (χ4v) is 4.47. The van der Waals surface area contributed by atoms with Gasteiger partial charge in [-0.2, -0.15) is 0 Å². The molecule has 0 aromatic heterocycles. The average Bonchev–Trinajstić information content (AvgIpc) is 2.77. The van der Waals surface area contributed by atoms with Crippen LogP contribution in [0.3, 0.4) is 0 Å². The molecule has 0 aliphatic carbocycles. The van der Waals surface area contributed by atoms with Gasteiger partial charge < -0.3 is 9.64 Å². The summed E-state index contributed by atoms with van der Waals surface area (Å²) in [6, 6.07) is 15.2. The van der Waals surface area contributed by atoms with Gasteiger partial charge in [-0.15, -0.1) is 0 Å². The lowest BCUT2D eigenvalue weighted by Crippen LogP contribution is -2.48. The number of benzene rings is 2. The van der Waals surface area contributed by atoms with Gasteiger partial charge in [-0.1, -0.05) is 71.0 Å². The SMILES string of the molecule is CCC(OC1(CC)CCN(C(=O)c2ccc(C(C)(C)C)c(F)c2)CC1)c1ccccc1. The van der Waals surface area contributed by atoms with E-state index in [1.165, 1.54) is 11.6 Å². The first kappa shape index (κ1) is 23.5. The van der Waals surface area contributed by atoms with Gasteiger partial charge in [0, 0.05) is 18.7 Å². The molecule has 0 N–H and O–H groups in total. The van der Waals surface area contributed by atoms with Crippen molar-refractivity contribution in [2.45, 2.75) is 77.4 Å². The summed E-state index contributed by atoms with van der Waals surface area (Å²) in [5.74, 6) is -0.408.